The van der Waals surface area contributed by atoms with Crippen molar-refractivity contribution in [1.82, 2.24) is 4.90 Å². The number of likely N-dealkylation sites (tertiary alicyclic amines) is 1. The highest BCUT2D eigenvalue weighted by Crippen LogP contribution is 2.43. The summed E-state index contributed by atoms with van der Waals surface area (Å²) in [6, 6.07) is 6.63. The Morgan fingerprint density at radius 2 is 1.63 bits per heavy atom. The van der Waals surface area contributed by atoms with Crippen molar-refractivity contribution in [2.45, 2.75) is 64.3 Å². The third kappa shape index (κ3) is 7.72. The van der Waals surface area contributed by atoms with Gasteiger partial charge in [0.25, 0.3) is 0 Å². The Hall–Kier alpha value is -3.08. The van der Waals surface area contributed by atoms with Gasteiger partial charge in [-0.1, -0.05) is 31.4 Å². The molecule has 2 aliphatic rings. The second-order valence-corrected chi connectivity index (χ2v) is 9.93. The van der Waals surface area contributed by atoms with Crippen molar-refractivity contribution in [3.8, 4) is 5.75 Å². The molecule has 1 saturated carbocycles. The normalized spacial score (nSPS) is 17.5. The smallest absolute Gasteiger partial charge is 0.416 e. The molecule has 1 aliphatic heterocycles. The molecule has 0 radical (unpaired) electrons. The Morgan fingerprint density at radius 1 is 1.00 bits per heavy atom. The van der Waals surface area contributed by atoms with Gasteiger partial charge in [0.15, 0.2) is 0 Å². The van der Waals surface area contributed by atoms with Gasteiger partial charge in [0.2, 0.25) is 0 Å². The Kier molecular flexibility index (Phi) is 8.80. The summed E-state index contributed by atoms with van der Waals surface area (Å²) in [6.45, 7) is 2.89. The van der Waals surface area contributed by atoms with Crippen molar-refractivity contribution < 1.29 is 45.8 Å². The lowest BCUT2D eigenvalue weighted by Gasteiger charge is -2.49. The number of carbonyl (C=O) groups excluding carboxylic acids is 1. The average molecular weight is 546 g/mol. The van der Waals surface area contributed by atoms with Crippen molar-refractivity contribution in [2.24, 2.45) is 5.41 Å². The summed E-state index contributed by atoms with van der Waals surface area (Å²) < 4.78 is 85.2. The number of esters is 1. The van der Waals surface area contributed by atoms with Gasteiger partial charge in [0, 0.05) is 25.6 Å². The molecule has 5 nitrogen and oxygen atoms in total. The quantitative estimate of drug-likeness (QED) is 0.233. The van der Waals surface area contributed by atoms with E-state index in [0.717, 1.165) is 0 Å². The van der Waals surface area contributed by atoms with E-state index in [2.05, 4.69) is 0 Å². The highest BCUT2D eigenvalue weighted by atomic mass is 19.4. The summed E-state index contributed by atoms with van der Waals surface area (Å²) in [6.07, 6.45) is -5.00. The molecule has 0 amide bonds. The molecule has 1 unspecified atom stereocenters. The topological polar surface area (TPSA) is 66.8 Å². The number of carbonyl (C=O) groups is 2. The summed E-state index contributed by atoms with van der Waals surface area (Å²) in [5, 5.41) is 8.80. The van der Waals surface area contributed by atoms with Crippen LogP contribution in [0.3, 0.4) is 0 Å². The number of alkyl halides is 6. The maximum atomic E-state index is 13.5. The molecule has 0 aromatic heterocycles. The molecular weight excluding hydrogens is 516 g/mol. The number of aryl methyl sites for hydroxylation is 1. The Labute approximate surface area is 216 Å². The number of ether oxygens (including phenoxy) is 1. The van der Waals surface area contributed by atoms with Crippen LogP contribution in [0.4, 0.5) is 26.3 Å². The van der Waals surface area contributed by atoms with Crippen molar-refractivity contribution in [3.05, 3.63) is 64.7 Å². The van der Waals surface area contributed by atoms with E-state index in [4.69, 9.17) is 9.84 Å². The lowest BCUT2D eigenvalue weighted by Crippen LogP contribution is -2.60. The van der Waals surface area contributed by atoms with Crippen molar-refractivity contribution >= 4 is 11.9 Å². The predicted octanol–water partition coefficient (Wildman–Crippen LogP) is 6.90. The lowest BCUT2D eigenvalue weighted by molar-refractivity contribution is -0.158. The monoisotopic (exact) mass is 545 g/mol. The van der Waals surface area contributed by atoms with E-state index in [9.17, 15) is 35.9 Å². The molecular formula is C27H29F6NO4. The summed E-state index contributed by atoms with van der Waals surface area (Å²) in [5.74, 6) is -1.42. The highest BCUT2D eigenvalue weighted by molar-refractivity contribution is 5.80. The molecule has 1 aliphatic carbocycles. The first-order chi connectivity index (χ1) is 17.6. The van der Waals surface area contributed by atoms with Crippen LogP contribution in [0.5, 0.6) is 5.75 Å². The fourth-order valence-electron chi connectivity index (χ4n) is 4.04. The van der Waals surface area contributed by atoms with Crippen LogP contribution in [0.25, 0.3) is 0 Å². The number of hydrogen-bond acceptors (Lipinski definition) is 4. The summed E-state index contributed by atoms with van der Waals surface area (Å²) >= 11 is 0. The van der Waals surface area contributed by atoms with Crippen LogP contribution >= 0.6 is 0 Å². The van der Waals surface area contributed by atoms with E-state index in [0.29, 0.717) is 23.8 Å². The van der Waals surface area contributed by atoms with Gasteiger partial charge in [-0.2, -0.15) is 26.3 Å². The van der Waals surface area contributed by atoms with E-state index in [1.54, 1.807) is 19.1 Å². The van der Waals surface area contributed by atoms with Gasteiger partial charge < -0.3 is 9.84 Å². The molecule has 2 aromatic rings. The summed E-state index contributed by atoms with van der Waals surface area (Å²) in [5.41, 5.74) is -3.29. The molecule has 1 atom stereocenters. The van der Waals surface area contributed by atoms with Crippen molar-refractivity contribution in [2.75, 3.05) is 13.1 Å². The van der Waals surface area contributed by atoms with Crippen molar-refractivity contribution in [3.63, 3.8) is 0 Å². The third-order valence-corrected chi connectivity index (χ3v) is 6.37. The van der Waals surface area contributed by atoms with Gasteiger partial charge in [0.1, 0.15) is 5.75 Å². The van der Waals surface area contributed by atoms with E-state index in [1.165, 1.54) is 43.2 Å². The summed E-state index contributed by atoms with van der Waals surface area (Å²) in [4.78, 5) is 25.0. The van der Waals surface area contributed by atoms with Gasteiger partial charge in [-0.05, 0) is 61.7 Å². The van der Waals surface area contributed by atoms with E-state index in [-0.39, 0.29) is 31.7 Å². The van der Waals surface area contributed by atoms with Gasteiger partial charge >= 0.3 is 24.3 Å². The number of nitrogens with zero attached hydrogens (tertiary/aromatic N) is 1. The molecule has 38 heavy (non-hydrogen) atoms. The fourth-order valence-corrected chi connectivity index (χ4v) is 4.04. The molecule has 4 rings (SSSR count). The minimum atomic E-state index is -4.84. The number of rotatable bonds is 7. The zero-order valence-electron chi connectivity index (χ0n) is 21.0. The molecule has 2 fully saturated rings. The molecule has 1 saturated heterocycles. The third-order valence-electron chi connectivity index (χ3n) is 6.37. The van der Waals surface area contributed by atoms with Crippen molar-refractivity contribution in [1.29, 1.82) is 0 Å². The van der Waals surface area contributed by atoms with Crippen LogP contribution in [0, 0.1) is 5.41 Å². The molecule has 208 valence electrons. The van der Waals surface area contributed by atoms with E-state index >= 15 is 0 Å². The van der Waals surface area contributed by atoms with Crippen LogP contribution in [0.1, 0.15) is 67.8 Å². The first-order valence-electron chi connectivity index (χ1n) is 12.2. The van der Waals surface area contributed by atoms with Crippen LogP contribution in [0.15, 0.2) is 42.5 Å². The van der Waals surface area contributed by atoms with Gasteiger partial charge in [-0.25, -0.2) is 0 Å². The van der Waals surface area contributed by atoms with Crippen LogP contribution < -0.4 is 4.74 Å². The highest BCUT2D eigenvalue weighted by Gasteiger charge is 2.49. The molecule has 2 aromatic carbocycles. The number of hydrogen-bond donors (Lipinski definition) is 1. The minimum Gasteiger partial charge on any atom is -0.481 e. The molecule has 1 heterocycles. The number of halogens is 6. The van der Waals surface area contributed by atoms with Gasteiger partial charge in [-0.3, -0.25) is 14.5 Å². The number of carboxylic acid groups (broad SMARTS) is 1. The zero-order chi connectivity index (χ0) is 28.3. The largest absolute Gasteiger partial charge is 0.481 e. The molecule has 0 spiro atoms. The second-order valence-electron chi connectivity index (χ2n) is 9.93. The Balaban J connectivity index is 0.00000124. The first kappa shape index (κ1) is 29.5. The lowest BCUT2D eigenvalue weighted by atomic mass is 9.79. The predicted molar refractivity (Wildman–Crippen MR) is 126 cm³/mol. The van der Waals surface area contributed by atoms with Gasteiger partial charge in [0.05, 0.1) is 16.5 Å². The summed E-state index contributed by atoms with van der Waals surface area (Å²) in [7, 11) is 0. The van der Waals surface area contributed by atoms with E-state index in [1.807, 2.05) is 0 Å². The SMILES string of the molecule is C1CC1.CC(c1cc(C(F)(F)F)ccc1C(F)(F)F)N1CC(C)(C(=O)Oc2cccc(CCC(=O)O)c2)C1. The van der Waals surface area contributed by atoms with Crippen LogP contribution in [0.2, 0.25) is 0 Å². The minimum absolute atomic E-state index is 0.0146. The fraction of sp³-hybridized carbons (Fsp3) is 0.481. The number of aliphatic carboxylic acids is 1. The standard InChI is InChI=1S/C24H23F6NO4.C3H6/c1-14(18-11-16(23(25,26)27)7-8-19(18)24(28,29)30)31-12-22(2,13-31)21(34)35-17-5-3-4-15(10-17)6-9-20(32)33;1-2-3-1/h3-5,7-8,10-11,14H,6,9,12-13H2,1-2H3,(H,32,33);1-3H2. The molecule has 11 heteroatoms. The van der Waals surface area contributed by atoms with Crippen LogP contribution in [-0.4, -0.2) is 35.0 Å². The van der Waals surface area contributed by atoms with Crippen LogP contribution in [-0.2, 0) is 28.4 Å². The van der Waals surface area contributed by atoms with Gasteiger partial charge in [-0.15, -0.1) is 0 Å². The molecule has 0 bridgehead atoms. The second kappa shape index (κ2) is 11.3. The average Bonchev–Trinajstić information content (AvgIpc) is 3.68. The maximum absolute atomic E-state index is 13.5. The maximum Gasteiger partial charge on any atom is 0.416 e. The Bertz CT molecular complexity index is 1150. The Morgan fingerprint density at radius 3 is 2.16 bits per heavy atom. The number of benzene rings is 2. The zero-order valence-corrected chi connectivity index (χ0v) is 21.0. The first-order valence-corrected chi connectivity index (χ1v) is 12.2. The molecule has 1 N–H and O–H groups in total. The van der Waals surface area contributed by atoms with E-state index < -0.39 is 52.4 Å². The number of carboxylic acids is 1.